The van der Waals surface area contributed by atoms with Gasteiger partial charge in [-0.15, -0.1) is 0 Å². The smallest absolute Gasteiger partial charge is 0.235 e. The van der Waals surface area contributed by atoms with Crippen LogP contribution in [-0.2, 0) is 26.1 Å². The molecule has 1 amide bonds. The van der Waals surface area contributed by atoms with E-state index in [0.717, 1.165) is 40.7 Å². The van der Waals surface area contributed by atoms with E-state index in [4.69, 9.17) is 9.47 Å². The minimum Gasteiger partial charge on any atom is -0.493 e. The first-order valence-corrected chi connectivity index (χ1v) is 11.1. The van der Waals surface area contributed by atoms with Gasteiger partial charge in [0.1, 0.15) is 5.75 Å². The number of H-pyrrole nitrogens is 1. The standard InChI is InChI=1S/C26H30N2O4/c1-24(2,3)22-14-16-13-18(6-7-20(16)28-22)27-23(29)25(9-10-25)17-5-8-21-19(15-17)26(30,31-4)11-12-32-21/h5-8,13-15,28,30H,9-12H2,1-4H3,(H,27,29). The van der Waals surface area contributed by atoms with E-state index in [0.29, 0.717) is 24.3 Å². The predicted octanol–water partition coefficient (Wildman–Crippen LogP) is 4.71. The number of rotatable bonds is 4. The molecule has 1 unspecified atom stereocenters. The van der Waals surface area contributed by atoms with Gasteiger partial charge >= 0.3 is 0 Å². The van der Waals surface area contributed by atoms with Crippen LogP contribution in [0.3, 0.4) is 0 Å². The number of aliphatic hydroxyl groups is 1. The number of carbonyl (C=O) groups is 1. The Bertz CT molecular complexity index is 1200. The molecule has 1 aliphatic heterocycles. The van der Waals surface area contributed by atoms with E-state index < -0.39 is 11.2 Å². The Morgan fingerprint density at radius 3 is 2.59 bits per heavy atom. The molecule has 1 fully saturated rings. The lowest BCUT2D eigenvalue weighted by Crippen LogP contribution is -2.35. The Morgan fingerprint density at radius 1 is 1.12 bits per heavy atom. The average molecular weight is 435 g/mol. The molecule has 2 heterocycles. The Labute approximate surface area is 187 Å². The van der Waals surface area contributed by atoms with Gasteiger partial charge in [-0.05, 0) is 54.8 Å². The second kappa shape index (κ2) is 7.09. The van der Waals surface area contributed by atoms with Crippen LogP contribution in [0.1, 0.15) is 56.9 Å². The number of aromatic amines is 1. The van der Waals surface area contributed by atoms with E-state index in [2.05, 4.69) is 37.1 Å². The van der Waals surface area contributed by atoms with Crippen LogP contribution in [0.15, 0.2) is 42.5 Å². The summed E-state index contributed by atoms with van der Waals surface area (Å²) in [5, 5.41) is 15.1. The van der Waals surface area contributed by atoms with Crippen LogP contribution in [-0.4, -0.2) is 29.7 Å². The third-order valence-electron chi connectivity index (χ3n) is 6.86. The third kappa shape index (κ3) is 3.38. The van der Waals surface area contributed by atoms with Gasteiger partial charge in [-0.2, -0.15) is 0 Å². The number of nitrogens with one attached hydrogen (secondary N) is 2. The van der Waals surface area contributed by atoms with E-state index in [1.165, 1.54) is 7.11 Å². The largest absolute Gasteiger partial charge is 0.493 e. The molecule has 3 aromatic rings. The quantitative estimate of drug-likeness (QED) is 0.519. The summed E-state index contributed by atoms with van der Waals surface area (Å²) in [4.78, 5) is 16.8. The highest BCUT2D eigenvalue weighted by Crippen LogP contribution is 2.51. The van der Waals surface area contributed by atoms with Crippen LogP contribution >= 0.6 is 0 Å². The van der Waals surface area contributed by atoms with Crippen LogP contribution in [0.4, 0.5) is 5.69 Å². The number of carbonyl (C=O) groups excluding carboxylic acids is 1. The fourth-order valence-corrected chi connectivity index (χ4v) is 4.54. The number of hydrogen-bond donors (Lipinski definition) is 3. The summed E-state index contributed by atoms with van der Waals surface area (Å²) in [6.45, 7) is 6.91. The number of benzene rings is 2. The molecule has 0 bridgehead atoms. The molecule has 3 N–H and O–H groups in total. The maximum absolute atomic E-state index is 13.4. The fourth-order valence-electron chi connectivity index (χ4n) is 4.54. The van der Waals surface area contributed by atoms with Gasteiger partial charge in [0.15, 0.2) is 5.79 Å². The molecule has 1 saturated carbocycles. The zero-order valence-electron chi connectivity index (χ0n) is 19.0. The minimum atomic E-state index is -1.39. The molecule has 168 valence electrons. The highest BCUT2D eigenvalue weighted by atomic mass is 16.6. The lowest BCUT2D eigenvalue weighted by atomic mass is 9.89. The highest BCUT2D eigenvalue weighted by Gasteiger charge is 2.52. The maximum atomic E-state index is 13.4. The zero-order chi connectivity index (χ0) is 22.7. The van der Waals surface area contributed by atoms with Crippen LogP contribution in [0.2, 0.25) is 0 Å². The first-order valence-electron chi connectivity index (χ1n) is 11.1. The first-order chi connectivity index (χ1) is 15.1. The Kier molecular flexibility index (Phi) is 4.66. The number of aromatic nitrogens is 1. The number of hydrogen-bond acceptors (Lipinski definition) is 4. The van der Waals surface area contributed by atoms with Gasteiger partial charge in [0.2, 0.25) is 5.91 Å². The van der Waals surface area contributed by atoms with Crippen molar-refractivity contribution in [1.29, 1.82) is 0 Å². The summed E-state index contributed by atoms with van der Waals surface area (Å²) >= 11 is 0. The monoisotopic (exact) mass is 434 g/mol. The fraction of sp³-hybridized carbons (Fsp3) is 0.423. The Morgan fingerprint density at radius 2 is 1.91 bits per heavy atom. The third-order valence-corrected chi connectivity index (χ3v) is 6.86. The zero-order valence-corrected chi connectivity index (χ0v) is 19.0. The van der Waals surface area contributed by atoms with E-state index in [-0.39, 0.29) is 11.3 Å². The molecule has 32 heavy (non-hydrogen) atoms. The summed E-state index contributed by atoms with van der Waals surface area (Å²) in [6, 6.07) is 13.7. The highest BCUT2D eigenvalue weighted by molar-refractivity contribution is 6.02. The van der Waals surface area contributed by atoms with Crippen LogP contribution in [0.5, 0.6) is 5.75 Å². The van der Waals surface area contributed by atoms with Crippen molar-refractivity contribution >= 4 is 22.5 Å². The number of anilines is 1. The van der Waals surface area contributed by atoms with Crippen LogP contribution in [0, 0.1) is 0 Å². The van der Waals surface area contributed by atoms with Crippen molar-refractivity contribution in [3.8, 4) is 5.75 Å². The molecule has 0 saturated heterocycles. The molecule has 6 nitrogen and oxygen atoms in total. The topological polar surface area (TPSA) is 83.6 Å². The molecule has 1 aliphatic carbocycles. The first kappa shape index (κ1) is 21.0. The van der Waals surface area contributed by atoms with Crippen molar-refractivity contribution < 1.29 is 19.4 Å². The number of methoxy groups -OCH3 is 1. The van der Waals surface area contributed by atoms with Crippen molar-refractivity contribution in [3.05, 3.63) is 59.3 Å². The Balaban J connectivity index is 1.42. The SMILES string of the molecule is COC1(O)CCOc2ccc(C3(C(=O)Nc4ccc5[nH]c(C(C)(C)C)cc5c4)CC3)cc21. The number of fused-ring (bicyclic) bond motifs is 2. The van der Waals surface area contributed by atoms with Gasteiger partial charge < -0.3 is 24.9 Å². The second-order valence-corrected chi connectivity index (χ2v) is 10.1. The predicted molar refractivity (Wildman–Crippen MR) is 124 cm³/mol. The van der Waals surface area contributed by atoms with Gasteiger partial charge in [0, 0.05) is 41.2 Å². The van der Waals surface area contributed by atoms with Gasteiger partial charge in [0.05, 0.1) is 17.6 Å². The second-order valence-electron chi connectivity index (χ2n) is 10.1. The molecule has 1 atom stereocenters. The number of ether oxygens (including phenoxy) is 2. The maximum Gasteiger partial charge on any atom is 0.235 e. The summed E-state index contributed by atoms with van der Waals surface area (Å²) in [7, 11) is 1.49. The van der Waals surface area contributed by atoms with Gasteiger partial charge in [0.25, 0.3) is 0 Å². The molecule has 5 rings (SSSR count). The van der Waals surface area contributed by atoms with Crippen LogP contribution in [0.25, 0.3) is 10.9 Å². The van der Waals surface area contributed by atoms with E-state index in [1.54, 1.807) is 0 Å². The normalized spacial score (nSPS) is 21.7. The molecule has 2 aromatic carbocycles. The number of amides is 1. The van der Waals surface area contributed by atoms with Crippen molar-refractivity contribution in [3.63, 3.8) is 0 Å². The molecule has 2 aliphatic rings. The van der Waals surface area contributed by atoms with Crippen molar-refractivity contribution in [2.45, 2.75) is 56.7 Å². The van der Waals surface area contributed by atoms with Crippen molar-refractivity contribution in [1.82, 2.24) is 4.98 Å². The van der Waals surface area contributed by atoms with Crippen molar-refractivity contribution in [2.75, 3.05) is 19.0 Å². The van der Waals surface area contributed by atoms with E-state index in [9.17, 15) is 9.90 Å². The minimum absolute atomic E-state index is 0.0268. The van der Waals surface area contributed by atoms with Gasteiger partial charge in [-0.25, -0.2) is 0 Å². The average Bonchev–Trinajstić information content (AvgIpc) is 3.46. The summed E-state index contributed by atoms with van der Waals surface area (Å²) in [5.74, 6) is -0.811. The van der Waals surface area contributed by atoms with Gasteiger partial charge in [-0.1, -0.05) is 26.8 Å². The molecule has 0 radical (unpaired) electrons. The summed E-state index contributed by atoms with van der Waals surface area (Å²) in [5.41, 5.74) is 3.91. The van der Waals surface area contributed by atoms with Crippen molar-refractivity contribution in [2.24, 2.45) is 0 Å². The lowest BCUT2D eigenvalue weighted by Gasteiger charge is -2.33. The molecule has 0 spiro atoms. The lowest BCUT2D eigenvalue weighted by molar-refractivity contribution is -0.209. The van der Waals surface area contributed by atoms with E-state index in [1.807, 2.05) is 36.4 Å². The molecular formula is C26H30N2O4. The molecular weight excluding hydrogens is 404 g/mol. The summed E-state index contributed by atoms with van der Waals surface area (Å²) < 4.78 is 11.1. The molecule has 1 aromatic heterocycles. The summed E-state index contributed by atoms with van der Waals surface area (Å²) in [6.07, 6.45) is 1.89. The molecule has 6 heteroatoms. The van der Waals surface area contributed by atoms with E-state index >= 15 is 0 Å². The van der Waals surface area contributed by atoms with Gasteiger partial charge in [-0.3, -0.25) is 4.79 Å². The Hall–Kier alpha value is -2.83. The van der Waals surface area contributed by atoms with Crippen LogP contribution < -0.4 is 10.1 Å².